The number of rotatable bonds is 4. The molecular weight excluding hydrogens is 396 g/mol. The van der Waals surface area contributed by atoms with Crippen LogP contribution in [0.3, 0.4) is 0 Å². The van der Waals surface area contributed by atoms with E-state index in [9.17, 15) is 9.59 Å². The summed E-state index contributed by atoms with van der Waals surface area (Å²) < 4.78 is 0. The van der Waals surface area contributed by atoms with Crippen molar-refractivity contribution in [3.8, 4) is 0 Å². The quantitative estimate of drug-likeness (QED) is 0.573. The third-order valence-electron chi connectivity index (χ3n) is 4.20. The standard InChI is InChI=1S/C20H19ClN4O2S/c1-11-17(19(27)24-16-6-4-3-5-15(16)21)18(25-20(28)22-11)13-7-9-14(10-8-13)23-12(2)26/h3-10,18H,1-2H3,(H,23,26)(H,24,27)(H2,22,25,28)/t18-/m1/s1. The molecule has 0 radical (unpaired) electrons. The molecule has 28 heavy (non-hydrogen) atoms. The van der Waals surface area contributed by atoms with Gasteiger partial charge in [-0.2, -0.15) is 0 Å². The fourth-order valence-electron chi connectivity index (χ4n) is 2.96. The molecule has 0 aliphatic carbocycles. The Morgan fingerprint density at radius 2 is 1.75 bits per heavy atom. The second-order valence-electron chi connectivity index (χ2n) is 6.31. The molecule has 0 saturated heterocycles. The van der Waals surface area contributed by atoms with Crippen LogP contribution < -0.4 is 21.3 Å². The molecule has 0 spiro atoms. The van der Waals surface area contributed by atoms with Gasteiger partial charge in [-0.3, -0.25) is 9.59 Å². The maximum absolute atomic E-state index is 13.0. The normalized spacial score (nSPS) is 16.1. The first kappa shape index (κ1) is 19.9. The zero-order valence-electron chi connectivity index (χ0n) is 15.3. The molecule has 3 rings (SSSR count). The van der Waals surface area contributed by atoms with Crippen LogP contribution in [0.5, 0.6) is 0 Å². The number of thiocarbonyl (C=S) groups is 1. The van der Waals surface area contributed by atoms with E-state index in [1.807, 2.05) is 12.1 Å². The molecule has 0 saturated carbocycles. The highest BCUT2D eigenvalue weighted by molar-refractivity contribution is 7.80. The molecule has 4 N–H and O–H groups in total. The van der Waals surface area contributed by atoms with E-state index in [0.29, 0.717) is 32.8 Å². The molecule has 1 heterocycles. The van der Waals surface area contributed by atoms with Crippen LogP contribution >= 0.6 is 23.8 Å². The van der Waals surface area contributed by atoms with Crippen LogP contribution in [0.1, 0.15) is 25.5 Å². The lowest BCUT2D eigenvalue weighted by atomic mass is 9.94. The Morgan fingerprint density at radius 1 is 1.07 bits per heavy atom. The minimum atomic E-state index is -0.442. The molecule has 8 heteroatoms. The number of halogens is 1. The van der Waals surface area contributed by atoms with Gasteiger partial charge in [-0.05, 0) is 49.0 Å². The molecule has 2 amide bonds. The van der Waals surface area contributed by atoms with Gasteiger partial charge < -0.3 is 21.3 Å². The average Bonchev–Trinajstić information content (AvgIpc) is 2.63. The fraction of sp³-hybridized carbons (Fsp3) is 0.150. The number of amides is 2. The lowest BCUT2D eigenvalue weighted by Gasteiger charge is -2.30. The van der Waals surface area contributed by atoms with Gasteiger partial charge in [0, 0.05) is 18.3 Å². The summed E-state index contributed by atoms with van der Waals surface area (Å²) in [6, 6.07) is 13.8. The Kier molecular flexibility index (Phi) is 5.96. The number of hydrogen-bond acceptors (Lipinski definition) is 3. The van der Waals surface area contributed by atoms with Crippen LogP contribution in [0.4, 0.5) is 11.4 Å². The second kappa shape index (κ2) is 8.41. The van der Waals surface area contributed by atoms with Gasteiger partial charge in [0.2, 0.25) is 5.91 Å². The third-order valence-corrected chi connectivity index (χ3v) is 4.75. The summed E-state index contributed by atoms with van der Waals surface area (Å²) in [5.41, 5.74) is 3.20. The van der Waals surface area contributed by atoms with E-state index in [0.717, 1.165) is 5.56 Å². The van der Waals surface area contributed by atoms with Gasteiger partial charge in [0.05, 0.1) is 22.3 Å². The minimum Gasteiger partial charge on any atom is -0.351 e. The lowest BCUT2D eigenvalue weighted by molar-refractivity contribution is -0.114. The van der Waals surface area contributed by atoms with Crippen LogP contribution in [-0.4, -0.2) is 16.9 Å². The van der Waals surface area contributed by atoms with Crippen molar-refractivity contribution in [2.75, 3.05) is 10.6 Å². The van der Waals surface area contributed by atoms with Gasteiger partial charge in [-0.1, -0.05) is 35.9 Å². The number of para-hydroxylation sites is 1. The molecule has 0 bridgehead atoms. The van der Waals surface area contributed by atoms with Gasteiger partial charge in [0.25, 0.3) is 5.91 Å². The van der Waals surface area contributed by atoms with Crippen molar-refractivity contribution in [1.29, 1.82) is 0 Å². The van der Waals surface area contributed by atoms with Crippen LogP contribution in [0, 0.1) is 0 Å². The predicted octanol–water partition coefficient (Wildman–Crippen LogP) is 3.73. The third kappa shape index (κ3) is 4.49. The van der Waals surface area contributed by atoms with E-state index in [1.54, 1.807) is 43.3 Å². The lowest BCUT2D eigenvalue weighted by Crippen LogP contribution is -2.45. The van der Waals surface area contributed by atoms with Crippen molar-refractivity contribution >= 4 is 52.1 Å². The Labute approximate surface area is 173 Å². The van der Waals surface area contributed by atoms with Crippen molar-refractivity contribution in [3.05, 3.63) is 70.4 Å². The molecule has 144 valence electrons. The molecular formula is C20H19ClN4O2S. The second-order valence-corrected chi connectivity index (χ2v) is 7.12. The fourth-order valence-corrected chi connectivity index (χ4v) is 3.41. The Bertz CT molecular complexity index is 972. The number of nitrogens with one attached hydrogen (secondary N) is 4. The van der Waals surface area contributed by atoms with Crippen LogP contribution in [-0.2, 0) is 9.59 Å². The van der Waals surface area contributed by atoms with Gasteiger partial charge >= 0.3 is 0 Å². The minimum absolute atomic E-state index is 0.149. The topological polar surface area (TPSA) is 82.3 Å². The summed E-state index contributed by atoms with van der Waals surface area (Å²) in [7, 11) is 0. The zero-order valence-corrected chi connectivity index (χ0v) is 16.9. The van der Waals surface area contributed by atoms with E-state index in [1.165, 1.54) is 6.92 Å². The number of hydrogen-bond donors (Lipinski definition) is 4. The number of carbonyl (C=O) groups excluding carboxylic acids is 2. The summed E-state index contributed by atoms with van der Waals surface area (Å²) in [6.45, 7) is 3.25. The van der Waals surface area contributed by atoms with Crippen molar-refractivity contribution < 1.29 is 9.59 Å². The number of allylic oxidation sites excluding steroid dienone is 1. The van der Waals surface area contributed by atoms with Crippen molar-refractivity contribution in [2.24, 2.45) is 0 Å². The van der Waals surface area contributed by atoms with E-state index >= 15 is 0 Å². The van der Waals surface area contributed by atoms with Gasteiger partial charge in [-0.25, -0.2) is 0 Å². The number of anilines is 2. The monoisotopic (exact) mass is 414 g/mol. The zero-order chi connectivity index (χ0) is 20.3. The number of benzene rings is 2. The van der Waals surface area contributed by atoms with Crippen LogP contribution in [0.25, 0.3) is 0 Å². The first-order valence-electron chi connectivity index (χ1n) is 8.57. The summed E-state index contributed by atoms with van der Waals surface area (Å²) in [5, 5.41) is 12.6. The summed E-state index contributed by atoms with van der Waals surface area (Å²) in [5.74, 6) is -0.437. The maximum atomic E-state index is 13.0. The molecule has 0 unspecified atom stereocenters. The molecule has 1 atom stereocenters. The van der Waals surface area contributed by atoms with Crippen LogP contribution in [0.2, 0.25) is 5.02 Å². The molecule has 1 aliphatic heterocycles. The van der Waals surface area contributed by atoms with E-state index < -0.39 is 6.04 Å². The summed E-state index contributed by atoms with van der Waals surface area (Å²) in [4.78, 5) is 24.2. The Morgan fingerprint density at radius 3 is 2.39 bits per heavy atom. The van der Waals surface area contributed by atoms with Gasteiger partial charge in [0.15, 0.2) is 5.11 Å². The van der Waals surface area contributed by atoms with E-state index in [-0.39, 0.29) is 11.8 Å². The van der Waals surface area contributed by atoms with Crippen molar-refractivity contribution in [2.45, 2.75) is 19.9 Å². The first-order chi connectivity index (χ1) is 13.3. The van der Waals surface area contributed by atoms with Crippen molar-refractivity contribution in [1.82, 2.24) is 10.6 Å². The molecule has 2 aromatic rings. The van der Waals surface area contributed by atoms with Gasteiger partial charge in [-0.15, -0.1) is 0 Å². The molecule has 6 nitrogen and oxygen atoms in total. The molecule has 2 aromatic carbocycles. The SMILES string of the molecule is CC(=O)Nc1ccc([C@H]2NC(=S)NC(C)=C2C(=O)Nc2ccccc2Cl)cc1. The number of carbonyl (C=O) groups is 2. The smallest absolute Gasteiger partial charge is 0.255 e. The summed E-state index contributed by atoms with van der Waals surface area (Å²) >= 11 is 11.4. The maximum Gasteiger partial charge on any atom is 0.255 e. The predicted molar refractivity (Wildman–Crippen MR) is 115 cm³/mol. The highest BCUT2D eigenvalue weighted by atomic mass is 35.5. The Balaban J connectivity index is 1.91. The molecule has 0 fully saturated rings. The highest BCUT2D eigenvalue weighted by Gasteiger charge is 2.30. The largest absolute Gasteiger partial charge is 0.351 e. The van der Waals surface area contributed by atoms with Crippen LogP contribution in [0.15, 0.2) is 59.8 Å². The first-order valence-corrected chi connectivity index (χ1v) is 9.35. The Hall–Kier alpha value is -2.90. The molecule has 0 aromatic heterocycles. The highest BCUT2D eigenvalue weighted by Crippen LogP contribution is 2.30. The summed E-state index contributed by atoms with van der Waals surface area (Å²) in [6.07, 6.45) is 0. The van der Waals surface area contributed by atoms with Gasteiger partial charge in [0.1, 0.15) is 0 Å². The average molecular weight is 415 g/mol. The van der Waals surface area contributed by atoms with Crippen molar-refractivity contribution in [3.63, 3.8) is 0 Å². The van der Waals surface area contributed by atoms with E-state index in [4.69, 9.17) is 23.8 Å². The molecule has 1 aliphatic rings. The van der Waals surface area contributed by atoms with E-state index in [2.05, 4.69) is 21.3 Å².